The third-order valence-electron chi connectivity index (χ3n) is 13.6. The zero-order chi connectivity index (χ0) is 66.1. The maximum atomic E-state index is 15.0. The Kier molecular flexibility index (Phi) is 24.7. The van der Waals surface area contributed by atoms with Gasteiger partial charge in [-0.3, -0.25) is 28.8 Å². The quantitative estimate of drug-likeness (QED) is 0.0306. The van der Waals surface area contributed by atoms with Crippen LogP contribution in [0.2, 0.25) is 0 Å². The summed E-state index contributed by atoms with van der Waals surface area (Å²) >= 11 is 0. The molecule has 1 aliphatic rings. The molecular weight excluding hydrogens is 1230 g/mol. The molecule has 23 nitrogen and oxygen atoms in total. The number of alkyl halides is 6. The smallest absolute Gasteiger partial charge is 0.416 e. The first-order valence-electron chi connectivity index (χ1n) is 28.0. The number of hydrogen-bond acceptors (Lipinski definition) is 14. The zero-order valence-electron chi connectivity index (χ0n) is 48.8. The number of amides is 9. The molecule has 0 aliphatic carbocycles. The number of carboxylic acid groups (broad SMARTS) is 1. The number of carbonyl (C=O) groups excluding carboxylic acids is 8. The number of unbranched alkanes of at least 4 members (excludes halogenated alkanes) is 1. The molecule has 4 aromatic carbocycles. The Balaban J connectivity index is 1.39. The number of aromatic amines is 1. The van der Waals surface area contributed by atoms with Gasteiger partial charge in [-0.15, -0.1) is 0 Å². The van der Waals surface area contributed by atoms with E-state index in [2.05, 4.69) is 47.5 Å². The van der Waals surface area contributed by atoms with E-state index in [4.69, 9.17) is 4.74 Å². The summed E-state index contributed by atoms with van der Waals surface area (Å²) in [5.74, 6) is -9.25. The molecule has 486 valence electrons. The van der Waals surface area contributed by atoms with Gasteiger partial charge in [0.2, 0.25) is 35.4 Å². The summed E-state index contributed by atoms with van der Waals surface area (Å²) in [6.45, 7) is 6.18. The van der Waals surface area contributed by atoms with Crippen LogP contribution in [0.5, 0.6) is 5.75 Å². The van der Waals surface area contributed by atoms with Gasteiger partial charge in [-0.1, -0.05) is 82.3 Å². The lowest BCUT2D eigenvalue weighted by atomic mass is 10.0. The number of phenolic OH excluding ortho intramolecular Hbond substituents is 1. The van der Waals surface area contributed by atoms with Gasteiger partial charge < -0.3 is 72.9 Å². The predicted octanol–water partition coefficient (Wildman–Crippen LogP) is 5.59. The number of benzene rings is 4. The molecule has 8 atom stereocenters. The van der Waals surface area contributed by atoms with Gasteiger partial charge in [-0.25, -0.2) is 14.4 Å². The number of carbonyl (C=O) groups is 9. The van der Waals surface area contributed by atoms with E-state index in [-0.39, 0.29) is 62.6 Å². The largest absolute Gasteiger partial charge is 0.508 e. The molecular formula is C59H68F6N10O13S2. The van der Waals surface area contributed by atoms with Crippen molar-refractivity contribution in [3.8, 4) is 5.75 Å². The second kappa shape index (κ2) is 31.6. The molecule has 0 spiro atoms. The second-order valence-corrected chi connectivity index (χ2v) is 24.5. The van der Waals surface area contributed by atoms with Crippen molar-refractivity contribution in [1.82, 2.24) is 47.5 Å². The standard InChI is InChI=1S/C59H68F6N10O13S2/c1-31(76)47-53(83)73-46(54(84)85)30-90-89-29-45(72-50(80)43(22-32-12-6-5-7-13-32)74-55(86)68-37-26-35(58(60,61)62)25-36(27-37)59(63,64)65)52(82)70-42(23-33-17-19-38(77)20-18-33)49(79)71-44(24-34-28-67-40-15-9-8-14-39(34)40)51(81)69-41(48(78)75-47)16-10-11-21-66-56(87)88-57(2,3)4/h5-9,12-15,17-20,25-28,31,41-47,67,76-77H,10-11,16,21-24,29-30H2,1-4H3,(H,66,87)(H,69,81)(H,70,82)(H,71,79)(H,72,80)(H,73,83)(H,75,78)(H,84,85)(H2,68,74,86)/t31-,41+,42+,43-,44-,45+,46+,47+/m1/s1. The molecule has 0 radical (unpaired) electrons. The molecule has 1 aliphatic heterocycles. The number of anilines is 1. The first-order chi connectivity index (χ1) is 42.3. The lowest BCUT2D eigenvalue weighted by Crippen LogP contribution is -2.62. The van der Waals surface area contributed by atoms with Crippen molar-refractivity contribution in [2.24, 2.45) is 0 Å². The van der Waals surface area contributed by atoms with Crippen molar-refractivity contribution in [3.63, 3.8) is 0 Å². The van der Waals surface area contributed by atoms with Crippen LogP contribution < -0.4 is 47.9 Å². The van der Waals surface area contributed by atoms with Gasteiger partial charge in [-0.2, -0.15) is 26.3 Å². The average Bonchev–Trinajstić information content (AvgIpc) is 1.29. The van der Waals surface area contributed by atoms with Gasteiger partial charge in [0.25, 0.3) is 0 Å². The number of H-pyrrole nitrogens is 1. The number of fused-ring (bicyclic) bond motifs is 1. The summed E-state index contributed by atoms with van der Waals surface area (Å²) in [5, 5.41) is 53.8. The topological polar surface area (TPSA) is 348 Å². The predicted molar refractivity (Wildman–Crippen MR) is 320 cm³/mol. The molecule has 31 heteroatoms. The molecule has 1 saturated heterocycles. The van der Waals surface area contributed by atoms with Crippen LogP contribution in [0.1, 0.15) is 74.8 Å². The van der Waals surface area contributed by atoms with Crippen molar-refractivity contribution in [1.29, 1.82) is 0 Å². The number of hydrogen-bond donors (Lipinski definition) is 13. The number of carboxylic acids is 1. The van der Waals surface area contributed by atoms with Gasteiger partial charge in [0.1, 0.15) is 53.6 Å². The number of aliphatic hydroxyl groups excluding tert-OH is 1. The second-order valence-electron chi connectivity index (χ2n) is 21.9. The zero-order valence-corrected chi connectivity index (χ0v) is 50.4. The molecule has 0 bridgehead atoms. The molecule has 0 unspecified atom stereocenters. The highest BCUT2D eigenvalue weighted by atomic mass is 33.1. The number of aliphatic hydroxyl groups is 1. The Labute approximate surface area is 519 Å². The van der Waals surface area contributed by atoms with Crippen LogP contribution in [-0.4, -0.2) is 146 Å². The summed E-state index contributed by atoms with van der Waals surface area (Å²) in [4.78, 5) is 129. The van der Waals surface area contributed by atoms with E-state index < -0.39 is 155 Å². The number of urea groups is 1. The minimum absolute atomic E-state index is 0.0486. The number of para-hydroxylation sites is 1. The number of nitrogens with one attached hydrogen (secondary N) is 10. The fourth-order valence-corrected chi connectivity index (χ4v) is 11.4. The van der Waals surface area contributed by atoms with Crippen molar-refractivity contribution < 1.29 is 89.5 Å². The molecule has 6 rings (SSSR count). The number of aliphatic carboxylic acids is 1. The summed E-state index contributed by atoms with van der Waals surface area (Å²) in [7, 11) is 1.51. The van der Waals surface area contributed by atoms with Crippen LogP contribution in [0.4, 0.5) is 41.6 Å². The van der Waals surface area contributed by atoms with Crippen LogP contribution in [0.25, 0.3) is 10.9 Å². The van der Waals surface area contributed by atoms with Gasteiger partial charge in [-0.05, 0) is 100 Å². The lowest BCUT2D eigenvalue weighted by Gasteiger charge is -2.29. The Bertz CT molecular complexity index is 3320. The maximum Gasteiger partial charge on any atom is 0.416 e. The maximum absolute atomic E-state index is 15.0. The third kappa shape index (κ3) is 21.8. The van der Waals surface area contributed by atoms with Crippen molar-refractivity contribution in [2.75, 3.05) is 23.4 Å². The number of aromatic hydroxyl groups is 1. The highest BCUT2D eigenvalue weighted by molar-refractivity contribution is 8.76. The fraction of sp³-hybridized carbons (Fsp3) is 0.407. The summed E-state index contributed by atoms with van der Waals surface area (Å²) in [6.07, 6.45) is -12.3. The Hall–Kier alpha value is -8.71. The van der Waals surface area contributed by atoms with Crippen molar-refractivity contribution in [3.05, 3.63) is 131 Å². The summed E-state index contributed by atoms with van der Waals surface area (Å²) < 4.78 is 88.1. The van der Waals surface area contributed by atoms with Crippen LogP contribution in [-0.2, 0) is 69.9 Å². The number of ether oxygens (including phenoxy) is 1. The fourth-order valence-electron chi connectivity index (χ4n) is 9.06. The molecule has 1 aromatic heterocycles. The molecule has 2 heterocycles. The molecule has 9 amide bonds. The average molecular weight is 1300 g/mol. The molecule has 13 N–H and O–H groups in total. The number of halogens is 6. The van der Waals surface area contributed by atoms with E-state index in [1.54, 1.807) is 69.4 Å². The SMILES string of the molecule is C[C@@H](O)[C@@H]1NC(=O)[C@H](CCCCNC(=O)OC(C)(C)C)NC(=O)[C@@H](Cc2c[nH]c3ccccc23)NC(=O)[C@H](Cc2ccc(O)cc2)NC(=O)[C@@H](NC(=O)[C@@H](Cc2ccccc2)NC(=O)Nc2cc(C(F)(F)F)cc(C(F)(F)F)c2)CSSC[C@@H](C(=O)O)NC1=O. The van der Waals surface area contributed by atoms with E-state index in [1.165, 1.54) is 36.4 Å². The number of rotatable bonds is 17. The molecule has 5 aromatic rings. The molecule has 0 saturated carbocycles. The first kappa shape index (κ1) is 70.4. The van der Waals surface area contributed by atoms with E-state index in [0.717, 1.165) is 28.5 Å². The van der Waals surface area contributed by atoms with Crippen LogP contribution in [0.3, 0.4) is 0 Å². The number of phenols is 1. The van der Waals surface area contributed by atoms with E-state index in [0.29, 0.717) is 27.6 Å². The highest BCUT2D eigenvalue weighted by Gasteiger charge is 2.39. The van der Waals surface area contributed by atoms with Gasteiger partial charge in [0.05, 0.1) is 17.2 Å². The number of alkyl carbamates (subject to hydrolysis) is 1. The molecule has 90 heavy (non-hydrogen) atoms. The first-order valence-corrected chi connectivity index (χ1v) is 30.5. The van der Waals surface area contributed by atoms with E-state index in [1.807, 2.05) is 5.32 Å². The minimum Gasteiger partial charge on any atom is -0.508 e. The summed E-state index contributed by atoms with van der Waals surface area (Å²) in [6, 6.07) is 7.03. The third-order valence-corrected chi connectivity index (χ3v) is 16.0. The van der Waals surface area contributed by atoms with Crippen LogP contribution in [0.15, 0.2) is 103 Å². The van der Waals surface area contributed by atoms with Crippen molar-refractivity contribution in [2.45, 2.75) is 133 Å². The van der Waals surface area contributed by atoms with Crippen LogP contribution >= 0.6 is 21.6 Å². The Morgan fingerprint density at radius 3 is 1.90 bits per heavy atom. The van der Waals surface area contributed by atoms with Gasteiger partial charge in [0, 0.05) is 60.1 Å². The van der Waals surface area contributed by atoms with Gasteiger partial charge >= 0.3 is 30.4 Å². The van der Waals surface area contributed by atoms with E-state index in [9.17, 15) is 80.0 Å². The molecule has 1 fully saturated rings. The Morgan fingerprint density at radius 2 is 1.28 bits per heavy atom. The Morgan fingerprint density at radius 1 is 0.689 bits per heavy atom. The van der Waals surface area contributed by atoms with Crippen molar-refractivity contribution >= 4 is 91.7 Å². The highest BCUT2D eigenvalue weighted by Crippen LogP contribution is 2.38. The van der Waals surface area contributed by atoms with Crippen LogP contribution in [0, 0.1) is 0 Å². The lowest BCUT2D eigenvalue weighted by molar-refractivity contribution is -0.143. The van der Waals surface area contributed by atoms with Gasteiger partial charge in [0.15, 0.2) is 0 Å². The van der Waals surface area contributed by atoms with E-state index >= 15 is 4.79 Å². The normalized spacial score (nSPS) is 20.1. The minimum atomic E-state index is -5.29. The monoisotopic (exact) mass is 1300 g/mol. The number of aromatic nitrogens is 1. The summed E-state index contributed by atoms with van der Waals surface area (Å²) in [5.41, 5.74) is -3.48.